The molecule has 0 aliphatic rings. The lowest BCUT2D eigenvalue weighted by Gasteiger charge is -2.20. The van der Waals surface area contributed by atoms with Crippen molar-refractivity contribution in [1.29, 1.82) is 0 Å². The average Bonchev–Trinajstić information content (AvgIpc) is 3.22. The summed E-state index contributed by atoms with van der Waals surface area (Å²) in [5, 5.41) is 8.89. The summed E-state index contributed by atoms with van der Waals surface area (Å²) in [6, 6.07) is -1.54. The zero-order valence-corrected chi connectivity index (χ0v) is 37.4. The molecule has 0 aromatic carbocycles. The molecule has 0 radical (unpaired) electrons. The van der Waals surface area contributed by atoms with Crippen LogP contribution in [0.1, 0.15) is 142 Å². The molecule has 1 unspecified atom stereocenters. The number of aliphatic carboxylic acids is 1. The van der Waals surface area contributed by atoms with Crippen molar-refractivity contribution in [2.24, 2.45) is 5.73 Å². The number of carbonyl (C=O) groups is 3. The van der Waals surface area contributed by atoms with E-state index in [0.29, 0.717) is 19.3 Å². The predicted molar refractivity (Wildman–Crippen MR) is 244 cm³/mol. The van der Waals surface area contributed by atoms with Crippen molar-refractivity contribution in [2.45, 2.75) is 154 Å². The zero-order chi connectivity index (χ0) is 44.2. The van der Waals surface area contributed by atoms with E-state index in [-0.39, 0.29) is 12.8 Å². The fraction of sp³-hybridized carbons (Fsp3) is 0.562. The smallest absolute Gasteiger partial charge is 0.472 e. The lowest BCUT2D eigenvalue weighted by Crippen LogP contribution is -2.34. The molecule has 0 heterocycles. The molecular formula is C48H76NO10P. The molecular weight excluding hydrogens is 781 g/mol. The molecule has 3 atom stereocenters. The van der Waals surface area contributed by atoms with Crippen molar-refractivity contribution >= 4 is 25.7 Å². The van der Waals surface area contributed by atoms with E-state index in [2.05, 4.69) is 116 Å². The first-order valence-corrected chi connectivity index (χ1v) is 23.4. The molecule has 0 bridgehead atoms. The molecule has 4 N–H and O–H groups in total. The number of rotatable bonds is 39. The van der Waals surface area contributed by atoms with Crippen LogP contribution in [-0.2, 0) is 37.5 Å². The second kappa shape index (κ2) is 41.9. The third-order valence-corrected chi connectivity index (χ3v) is 9.46. The van der Waals surface area contributed by atoms with Gasteiger partial charge in [-0.3, -0.25) is 23.4 Å². The Morgan fingerprint density at radius 3 is 1.42 bits per heavy atom. The number of hydrogen-bond donors (Lipinski definition) is 3. The lowest BCUT2D eigenvalue weighted by molar-refractivity contribution is -0.161. The van der Waals surface area contributed by atoms with Crippen LogP contribution < -0.4 is 5.73 Å². The number of phosphoric acid groups is 1. The molecule has 0 rings (SSSR count). The van der Waals surface area contributed by atoms with Crippen molar-refractivity contribution in [3.05, 3.63) is 109 Å². The number of ether oxygens (including phenoxy) is 2. The van der Waals surface area contributed by atoms with E-state index in [1.807, 2.05) is 12.2 Å². The van der Waals surface area contributed by atoms with E-state index in [4.69, 9.17) is 24.8 Å². The minimum absolute atomic E-state index is 0.0684. The maximum absolute atomic E-state index is 12.6. The van der Waals surface area contributed by atoms with Crippen LogP contribution >= 0.6 is 7.82 Å². The number of nitrogens with two attached hydrogens (primary N) is 1. The number of carboxylic acid groups (broad SMARTS) is 1. The predicted octanol–water partition coefficient (Wildman–Crippen LogP) is 11.8. The third kappa shape index (κ3) is 40.9. The quantitative estimate of drug-likeness (QED) is 0.0232. The van der Waals surface area contributed by atoms with Gasteiger partial charge in [-0.1, -0.05) is 142 Å². The van der Waals surface area contributed by atoms with Crippen LogP contribution in [0.5, 0.6) is 0 Å². The summed E-state index contributed by atoms with van der Waals surface area (Å²) in [7, 11) is -4.75. The average molecular weight is 858 g/mol. The van der Waals surface area contributed by atoms with Crippen LogP contribution in [0.25, 0.3) is 0 Å². The van der Waals surface area contributed by atoms with Crippen LogP contribution in [0.3, 0.4) is 0 Å². The highest BCUT2D eigenvalue weighted by atomic mass is 31.2. The van der Waals surface area contributed by atoms with E-state index < -0.39 is 57.7 Å². The summed E-state index contributed by atoms with van der Waals surface area (Å²) < 4.78 is 32.6. The van der Waals surface area contributed by atoms with Gasteiger partial charge in [0.25, 0.3) is 0 Å². The number of phosphoric ester groups is 1. The van der Waals surface area contributed by atoms with Gasteiger partial charge in [0.1, 0.15) is 12.6 Å². The van der Waals surface area contributed by atoms with Crippen molar-refractivity contribution in [3.63, 3.8) is 0 Å². The molecule has 11 nitrogen and oxygen atoms in total. The van der Waals surface area contributed by atoms with Gasteiger partial charge in [0.05, 0.1) is 13.2 Å². The first kappa shape index (κ1) is 56.1. The van der Waals surface area contributed by atoms with Gasteiger partial charge in [-0.05, 0) is 96.3 Å². The van der Waals surface area contributed by atoms with Gasteiger partial charge in [0.15, 0.2) is 6.10 Å². The van der Waals surface area contributed by atoms with E-state index in [1.54, 1.807) is 0 Å². The fourth-order valence-corrected chi connectivity index (χ4v) is 5.86. The Hall–Kier alpha value is -3.86. The Bertz CT molecular complexity index is 1430. The molecule has 0 saturated heterocycles. The van der Waals surface area contributed by atoms with Crippen molar-refractivity contribution in [3.8, 4) is 0 Å². The minimum Gasteiger partial charge on any atom is -0.480 e. The van der Waals surface area contributed by atoms with Crippen molar-refractivity contribution < 1.29 is 47.5 Å². The summed E-state index contributed by atoms with van der Waals surface area (Å²) in [5.74, 6) is -2.51. The second-order valence-electron chi connectivity index (χ2n) is 14.1. The molecule has 338 valence electrons. The van der Waals surface area contributed by atoms with Gasteiger partial charge in [0.2, 0.25) is 0 Å². The largest absolute Gasteiger partial charge is 0.480 e. The van der Waals surface area contributed by atoms with E-state index in [1.165, 1.54) is 25.7 Å². The number of allylic oxidation sites excluding steroid dienone is 18. The zero-order valence-electron chi connectivity index (χ0n) is 36.5. The first-order valence-electron chi connectivity index (χ1n) is 21.9. The summed E-state index contributed by atoms with van der Waals surface area (Å²) in [4.78, 5) is 46.0. The van der Waals surface area contributed by atoms with Gasteiger partial charge in [-0.2, -0.15) is 0 Å². The Morgan fingerprint density at radius 2 is 0.950 bits per heavy atom. The summed E-state index contributed by atoms with van der Waals surface area (Å²) >= 11 is 0. The highest BCUT2D eigenvalue weighted by molar-refractivity contribution is 7.47. The van der Waals surface area contributed by atoms with Gasteiger partial charge in [-0.25, -0.2) is 4.57 Å². The second-order valence-corrected chi connectivity index (χ2v) is 15.5. The van der Waals surface area contributed by atoms with Crippen LogP contribution in [0, 0.1) is 0 Å². The van der Waals surface area contributed by atoms with Gasteiger partial charge in [0, 0.05) is 12.8 Å². The van der Waals surface area contributed by atoms with Gasteiger partial charge < -0.3 is 25.2 Å². The van der Waals surface area contributed by atoms with Gasteiger partial charge >= 0.3 is 25.7 Å². The summed E-state index contributed by atoms with van der Waals surface area (Å²) in [6.45, 7) is 2.55. The maximum Gasteiger partial charge on any atom is 0.472 e. The Balaban J connectivity index is 4.54. The number of esters is 2. The highest BCUT2D eigenvalue weighted by Gasteiger charge is 2.28. The van der Waals surface area contributed by atoms with Crippen LogP contribution in [-0.4, -0.2) is 59.9 Å². The van der Waals surface area contributed by atoms with Crippen LogP contribution in [0.4, 0.5) is 0 Å². The van der Waals surface area contributed by atoms with E-state index in [0.717, 1.165) is 70.6 Å². The van der Waals surface area contributed by atoms with E-state index >= 15 is 0 Å². The number of carboxylic acids is 1. The molecule has 0 aromatic heterocycles. The van der Waals surface area contributed by atoms with Gasteiger partial charge in [-0.15, -0.1) is 0 Å². The number of unbranched alkanes of at least 4 members (excludes halogenated alkanes) is 7. The van der Waals surface area contributed by atoms with Crippen molar-refractivity contribution in [2.75, 3.05) is 19.8 Å². The molecule has 0 amide bonds. The van der Waals surface area contributed by atoms with Crippen LogP contribution in [0.2, 0.25) is 0 Å². The molecule has 0 fully saturated rings. The number of hydrogen-bond acceptors (Lipinski definition) is 9. The summed E-state index contributed by atoms with van der Waals surface area (Å²) in [6.07, 6.45) is 54.4. The number of carbonyl (C=O) groups excluding carboxylic acids is 2. The minimum atomic E-state index is -4.75. The first-order chi connectivity index (χ1) is 29.1. The Labute approximate surface area is 361 Å². The molecule has 60 heavy (non-hydrogen) atoms. The molecule has 0 aliphatic heterocycles. The molecule has 0 saturated carbocycles. The van der Waals surface area contributed by atoms with E-state index in [9.17, 15) is 23.8 Å². The normalized spacial score (nSPS) is 14.7. The topological polar surface area (TPSA) is 172 Å². The third-order valence-electron chi connectivity index (χ3n) is 8.50. The molecule has 12 heteroatoms. The monoisotopic (exact) mass is 858 g/mol. The fourth-order valence-electron chi connectivity index (χ4n) is 5.08. The highest BCUT2D eigenvalue weighted by Crippen LogP contribution is 2.43. The molecule has 0 aromatic rings. The van der Waals surface area contributed by atoms with Crippen molar-refractivity contribution in [1.82, 2.24) is 0 Å². The van der Waals surface area contributed by atoms with Crippen LogP contribution in [0.15, 0.2) is 109 Å². The standard InChI is InChI=1S/C48H76NO10P/c1-3-5-7-9-11-13-15-17-19-21-22-24-25-27-29-31-33-35-37-39-46(50)56-41-44(42-57-60(54,55)58-43-45(49)48(52)53)59-47(51)40-38-36-34-32-30-28-26-23-20-18-16-14-12-10-8-6-4-2/h6,8,11-14,17-20,22,24,26-29,32,34,44-45H,3-5,7,9-10,15-16,21,23,25,30-31,33,35-43,49H2,1-2H3,(H,52,53)(H,54,55)/b8-6-,13-11-,14-12-,19-17-,20-18-,24-22-,28-26-,29-27-,34-32-/t44-,45+/m1/s1. The Morgan fingerprint density at radius 1 is 0.533 bits per heavy atom. The summed E-state index contributed by atoms with van der Waals surface area (Å²) in [5.41, 5.74) is 5.33. The lowest BCUT2D eigenvalue weighted by atomic mass is 10.1. The molecule has 0 aliphatic carbocycles. The maximum atomic E-state index is 12.6. The Kier molecular flexibility index (Phi) is 39.2. The SMILES string of the molecule is CC/C=C\C/C=C\C/C=C\C/C=C\C/C=C\CCCC(=O)O[C@H](COC(=O)CCCCC/C=C\C/C=C\C/C=C\C/C=C\CCCCC)COP(=O)(O)OC[C@H](N)C(=O)O. The molecule has 0 spiro atoms.